The molecule has 0 bridgehead atoms. The van der Waals surface area contributed by atoms with Crippen LogP contribution in [0.15, 0.2) is 27.9 Å². The van der Waals surface area contributed by atoms with E-state index in [4.69, 9.17) is 19.5 Å². The highest BCUT2D eigenvalue weighted by molar-refractivity contribution is 9.10. The third kappa shape index (κ3) is 4.75. The monoisotopic (exact) mass is 451 g/mol. The van der Waals surface area contributed by atoms with E-state index < -0.39 is 18.0 Å². The third-order valence-electron chi connectivity index (χ3n) is 4.02. The first-order valence-electron chi connectivity index (χ1n) is 8.81. The van der Waals surface area contributed by atoms with Gasteiger partial charge in [-0.1, -0.05) is 13.3 Å². The van der Waals surface area contributed by atoms with Gasteiger partial charge in [-0.25, -0.2) is 9.59 Å². The van der Waals surface area contributed by atoms with Gasteiger partial charge in [-0.15, -0.1) is 0 Å². The minimum absolute atomic E-state index is 0.146. The summed E-state index contributed by atoms with van der Waals surface area (Å²) >= 11 is 3.41. The maximum atomic E-state index is 12.6. The van der Waals surface area contributed by atoms with Crippen LogP contribution in [0.3, 0.4) is 0 Å². The molecule has 1 atom stereocenters. The van der Waals surface area contributed by atoms with E-state index in [-0.39, 0.29) is 13.2 Å². The highest BCUT2D eigenvalue weighted by atomic mass is 79.9. The number of amides is 2. The first-order valence-corrected chi connectivity index (χ1v) is 9.60. The van der Waals surface area contributed by atoms with E-state index >= 15 is 0 Å². The van der Waals surface area contributed by atoms with Gasteiger partial charge in [0.2, 0.25) is 0 Å². The second-order valence-corrected chi connectivity index (χ2v) is 6.73. The molecule has 1 aromatic carbocycles. The van der Waals surface area contributed by atoms with Crippen molar-refractivity contribution in [3.8, 4) is 17.6 Å². The summed E-state index contributed by atoms with van der Waals surface area (Å²) in [4.78, 5) is 24.8. The number of carbonyl (C=O) groups excluding carboxylic acids is 2. The number of nitriles is 1. The van der Waals surface area contributed by atoms with Gasteiger partial charge < -0.3 is 24.8 Å². The molecule has 0 fully saturated rings. The van der Waals surface area contributed by atoms with Gasteiger partial charge in [-0.3, -0.25) is 0 Å². The topological polar surface area (TPSA) is 110 Å². The van der Waals surface area contributed by atoms with Gasteiger partial charge in [-0.2, -0.15) is 5.26 Å². The number of urea groups is 1. The van der Waals surface area contributed by atoms with Crippen molar-refractivity contribution in [3.63, 3.8) is 0 Å². The lowest BCUT2D eigenvalue weighted by Crippen LogP contribution is -2.46. The van der Waals surface area contributed by atoms with E-state index in [0.717, 1.165) is 6.42 Å². The smallest absolute Gasteiger partial charge is 0.338 e. The molecule has 1 aliphatic rings. The average Bonchev–Trinajstić information content (AvgIpc) is 2.66. The number of esters is 1. The largest absolute Gasteiger partial charge is 0.493 e. The number of benzene rings is 1. The molecular formula is C19H22BrN3O5. The molecule has 8 nitrogen and oxygen atoms in total. The summed E-state index contributed by atoms with van der Waals surface area (Å²) < 4.78 is 16.5. The molecule has 0 spiro atoms. The average molecular weight is 452 g/mol. The lowest BCUT2D eigenvalue weighted by molar-refractivity contribution is -0.139. The van der Waals surface area contributed by atoms with Gasteiger partial charge >= 0.3 is 12.0 Å². The molecule has 1 aliphatic heterocycles. The Balaban J connectivity index is 2.57. The number of allylic oxidation sites excluding steroid dienone is 1. The molecule has 2 rings (SSSR count). The van der Waals surface area contributed by atoms with Crippen LogP contribution >= 0.6 is 15.9 Å². The molecule has 2 amide bonds. The Morgan fingerprint density at radius 1 is 1.36 bits per heavy atom. The van der Waals surface area contributed by atoms with Gasteiger partial charge in [0.15, 0.2) is 18.1 Å². The Morgan fingerprint density at radius 2 is 2.11 bits per heavy atom. The Bertz CT molecular complexity index is 832. The maximum absolute atomic E-state index is 12.6. The molecule has 1 aromatic rings. The summed E-state index contributed by atoms with van der Waals surface area (Å²) in [5, 5.41) is 14.2. The quantitative estimate of drug-likeness (QED) is 0.586. The SMILES string of the molecule is CCCC1=C(C(=O)OCC)[C@H](c2cc(Br)c(OCC#N)c(OC)c2)NC(=O)N1. The first-order chi connectivity index (χ1) is 13.5. The van der Waals surface area contributed by atoms with E-state index in [0.29, 0.717) is 39.2 Å². The van der Waals surface area contributed by atoms with Crippen molar-refractivity contribution in [2.75, 3.05) is 20.3 Å². The molecule has 9 heteroatoms. The van der Waals surface area contributed by atoms with Crippen LogP contribution in [0.1, 0.15) is 38.3 Å². The second kappa shape index (κ2) is 9.99. The Hall–Kier alpha value is -2.73. The van der Waals surface area contributed by atoms with Crippen molar-refractivity contribution in [3.05, 3.63) is 33.4 Å². The van der Waals surface area contributed by atoms with Crippen molar-refractivity contribution in [1.29, 1.82) is 5.26 Å². The van der Waals surface area contributed by atoms with Crippen molar-refractivity contribution < 1.29 is 23.8 Å². The van der Waals surface area contributed by atoms with Crippen molar-refractivity contribution in [1.82, 2.24) is 10.6 Å². The van der Waals surface area contributed by atoms with Crippen LogP contribution in [0, 0.1) is 11.3 Å². The van der Waals surface area contributed by atoms with Crippen molar-refractivity contribution >= 4 is 27.9 Å². The van der Waals surface area contributed by atoms with Gasteiger partial charge in [0.25, 0.3) is 0 Å². The van der Waals surface area contributed by atoms with E-state index in [1.54, 1.807) is 19.1 Å². The van der Waals surface area contributed by atoms with E-state index in [9.17, 15) is 9.59 Å². The van der Waals surface area contributed by atoms with Crippen LogP contribution in [-0.2, 0) is 9.53 Å². The van der Waals surface area contributed by atoms with Gasteiger partial charge in [0, 0.05) is 5.70 Å². The van der Waals surface area contributed by atoms with Gasteiger partial charge in [0.05, 0.1) is 29.8 Å². The number of ether oxygens (including phenoxy) is 3. The standard InChI is InChI=1S/C19H22BrN3O5/c1-4-6-13-15(18(24)27-5-2)16(23-19(25)22-13)11-9-12(20)17(28-8-7-21)14(10-11)26-3/h9-10,16H,4-6,8H2,1-3H3,(H2,22,23,25)/t16-/m0/s1. The molecule has 150 valence electrons. The Labute approximate surface area is 172 Å². The fourth-order valence-electron chi connectivity index (χ4n) is 2.92. The zero-order valence-corrected chi connectivity index (χ0v) is 17.5. The molecule has 2 N–H and O–H groups in total. The van der Waals surface area contributed by atoms with Crippen LogP contribution in [0.2, 0.25) is 0 Å². The van der Waals surface area contributed by atoms with Crippen LogP contribution in [0.4, 0.5) is 4.79 Å². The highest BCUT2D eigenvalue weighted by Crippen LogP contribution is 2.40. The van der Waals surface area contributed by atoms with Crippen LogP contribution in [0.5, 0.6) is 11.5 Å². The van der Waals surface area contributed by atoms with Gasteiger partial charge in [-0.05, 0) is 47.0 Å². The summed E-state index contributed by atoms with van der Waals surface area (Å²) in [5.41, 5.74) is 1.50. The van der Waals surface area contributed by atoms with E-state index in [2.05, 4.69) is 26.6 Å². The Morgan fingerprint density at radius 3 is 2.71 bits per heavy atom. The molecule has 0 aliphatic carbocycles. The Kier molecular flexibility index (Phi) is 7.70. The fourth-order valence-corrected chi connectivity index (χ4v) is 3.49. The van der Waals surface area contributed by atoms with Crippen LogP contribution in [0.25, 0.3) is 0 Å². The first kappa shape index (κ1) is 21.6. The minimum atomic E-state index is -0.718. The maximum Gasteiger partial charge on any atom is 0.338 e. The summed E-state index contributed by atoms with van der Waals surface area (Å²) in [6, 6.07) is 4.16. The number of hydrogen-bond donors (Lipinski definition) is 2. The molecule has 0 aromatic heterocycles. The van der Waals surface area contributed by atoms with Crippen molar-refractivity contribution in [2.45, 2.75) is 32.7 Å². The normalized spacial score (nSPS) is 16.0. The van der Waals surface area contributed by atoms with Crippen molar-refractivity contribution in [2.24, 2.45) is 0 Å². The molecule has 0 unspecified atom stereocenters. The minimum Gasteiger partial charge on any atom is -0.493 e. The third-order valence-corrected chi connectivity index (χ3v) is 4.60. The fraction of sp³-hybridized carbons (Fsp3) is 0.421. The van der Waals surface area contributed by atoms with E-state index in [1.807, 2.05) is 13.0 Å². The van der Waals surface area contributed by atoms with Crippen LogP contribution < -0.4 is 20.1 Å². The number of nitrogens with zero attached hydrogens (tertiary/aromatic N) is 1. The lowest BCUT2D eigenvalue weighted by Gasteiger charge is -2.30. The second-order valence-electron chi connectivity index (χ2n) is 5.88. The predicted octanol–water partition coefficient (Wildman–Crippen LogP) is 3.33. The molecule has 28 heavy (non-hydrogen) atoms. The van der Waals surface area contributed by atoms with Crippen LogP contribution in [-0.4, -0.2) is 32.3 Å². The molecule has 1 heterocycles. The zero-order chi connectivity index (χ0) is 20.7. The number of methoxy groups -OCH3 is 1. The predicted molar refractivity (Wildman–Crippen MR) is 105 cm³/mol. The number of halogens is 1. The molecule has 0 saturated carbocycles. The zero-order valence-electron chi connectivity index (χ0n) is 15.9. The lowest BCUT2D eigenvalue weighted by atomic mass is 9.93. The number of carbonyl (C=O) groups is 2. The summed E-state index contributed by atoms with van der Waals surface area (Å²) in [7, 11) is 1.47. The number of nitrogens with one attached hydrogen (secondary N) is 2. The number of hydrogen-bond acceptors (Lipinski definition) is 6. The number of rotatable bonds is 8. The molecular weight excluding hydrogens is 430 g/mol. The summed E-state index contributed by atoms with van der Waals surface area (Å²) in [6.45, 7) is 3.76. The summed E-state index contributed by atoms with van der Waals surface area (Å²) in [6.07, 6.45) is 1.28. The molecule has 0 saturated heterocycles. The van der Waals surface area contributed by atoms with E-state index in [1.165, 1.54) is 7.11 Å². The van der Waals surface area contributed by atoms with Gasteiger partial charge in [0.1, 0.15) is 6.07 Å². The summed E-state index contributed by atoms with van der Waals surface area (Å²) in [5.74, 6) is 0.236. The molecule has 0 radical (unpaired) electrons. The highest BCUT2D eigenvalue weighted by Gasteiger charge is 2.34.